The zero-order chi connectivity index (χ0) is 15.6. The van der Waals surface area contributed by atoms with Gasteiger partial charge in [-0.2, -0.15) is 5.10 Å². The van der Waals surface area contributed by atoms with Gasteiger partial charge in [-0.05, 0) is 47.0 Å². The Kier molecular flexibility index (Phi) is 5.88. The number of aromatic nitrogens is 2. The molecule has 2 rings (SSSR count). The van der Waals surface area contributed by atoms with E-state index in [0.29, 0.717) is 5.02 Å². The summed E-state index contributed by atoms with van der Waals surface area (Å²) in [5.74, 6) is 0. The maximum atomic E-state index is 6.39. The highest BCUT2D eigenvalue weighted by molar-refractivity contribution is 9.10. The maximum Gasteiger partial charge on any atom is 0.0766 e. The van der Waals surface area contributed by atoms with Crippen LogP contribution in [-0.2, 0) is 19.4 Å². The summed E-state index contributed by atoms with van der Waals surface area (Å²) in [6, 6.07) is 5.60. The zero-order valence-corrected chi connectivity index (χ0v) is 16.0. The van der Waals surface area contributed by atoms with Gasteiger partial charge >= 0.3 is 0 Å². The molecule has 0 amide bonds. The van der Waals surface area contributed by atoms with E-state index < -0.39 is 0 Å². The molecule has 1 heterocycles. The van der Waals surface area contributed by atoms with E-state index in [4.69, 9.17) is 17.3 Å². The second kappa shape index (κ2) is 7.27. The molecule has 3 nitrogen and oxygen atoms in total. The van der Waals surface area contributed by atoms with Gasteiger partial charge in [-0.3, -0.25) is 4.68 Å². The van der Waals surface area contributed by atoms with Gasteiger partial charge in [-0.1, -0.05) is 40.5 Å². The second-order valence-corrected chi connectivity index (χ2v) is 6.94. The first-order chi connectivity index (χ1) is 9.97. The van der Waals surface area contributed by atoms with Crippen LogP contribution in [0.5, 0.6) is 0 Å². The van der Waals surface area contributed by atoms with Gasteiger partial charge in [-0.25, -0.2) is 0 Å². The fraction of sp³-hybridized carbons (Fsp3) is 0.400. The molecular weight excluding hydrogens is 417 g/mol. The zero-order valence-electron chi connectivity index (χ0n) is 12.0. The number of benzene rings is 1. The summed E-state index contributed by atoms with van der Waals surface area (Å²) in [6.45, 7) is 5.03. The second-order valence-electron chi connectivity index (χ2n) is 4.85. The van der Waals surface area contributed by atoms with E-state index in [2.05, 4.69) is 50.8 Å². The lowest BCUT2D eigenvalue weighted by Crippen LogP contribution is -2.17. The summed E-state index contributed by atoms with van der Waals surface area (Å²) in [6.07, 6.45) is 1.63. The lowest BCUT2D eigenvalue weighted by atomic mass is 10.0. The number of halogens is 3. The molecule has 0 aliphatic rings. The van der Waals surface area contributed by atoms with Crippen molar-refractivity contribution in [1.82, 2.24) is 9.78 Å². The quantitative estimate of drug-likeness (QED) is 0.727. The highest BCUT2D eigenvalue weighted by atomic mass is 79.9. The molecule has 0 aliphatic heterocycles. The first-order valence-electron chi connectivity index (χ1n) is 6.92. The molecule has 0 saturated carbocycles. The van der Waals surface area contributed by atoms with E-state index >= 15 is 0 Å². The molecule has 1 aromatic heterocycles. The Balaban J connectivity index is 2.31. The van der Waals surface area contributed by atoms with Gasteiger partial charge in [-0.15, -0.1) is 0 Å². The molecule has 1 unspecified atom stereocenters. The number of nitrogens with two attached hydrogens (primary N) is 1. The number of nitrogens with zero attached hydrogens (tertiary/aromatic N) is 2. The molecule has 6 heteroatoms. The third kappa shape index (κ3) is 3.70. The molecule has 0 fully saturated rings. The van der Waals surface area contributed by atoms with E-state index in [9.17, 15) is 0 Å². The highest BCUT2D eigenvalue weighted by Gasteiger charge is 2.18. The summed E-state index contributed by atoms with van der Waals surface area (Å²) in [4.78, 5) is 0. The maximum absolute atomic E-state index is 6.39. The first-order valence-corrected chi connectivity index (χ1v) is 8.88. The van der Waals surface area contributed by atoms with Crippen LogP contribution in [0.25, 0.3) is 0 Å². The SMILES string of the molecule is CCc1nn(CC)c(CC(N)c2ccc(Cl)cc2Br)c1Br. The lowest BCUT2D eigenvalue weighted by Gasteiger charge is -2.15. The topological polar surface area (TPSA) is 43.8 Å². The van der Waals surface area contributed by atoms with E-state index in [1.54, 1.807) is 0 Å². The van der Waals surface area contributed by atoms with Crippen LogP contribution in [0, 0.1) is 0 Å². The van der Waals surface area contributed by atoms with Gasteiger partial charge in [0.2, 0.25) is 0 Å². The third-order valence-corrected chi connectivity index (χ3v) is 5.31. The Morgan fingerprint density at radius 1 is 1.33 bits per heavy atom. The fourth-order valence-electron chi connectivity index (χ4n) is 2.33. The molecule has 0 saturated heterocycles. The predicted molar refractivity (Wildman–Crippen MR) is 94.8 cm³/mol. The summed E-state index contributed by atoms with van der Waals surface area (Å²) in [7, 11) is 0. The van der Waals surface area contributed by atoms with Crippen LogP contribution < -0.4 is 5.73 Å². The molecule has 0 spiro atoms. The first kappa shape index (κ1) is 17.0. The molecule has 0 aliphatic carbocycles. The average molecular weight is 436 g/mol. The number of hydrogen-bond acceptors (Lipinski definition) is 2. The van der Waals surface area contributed by atoms with Crippen molar-refractivity contribution < 1.29 is 0 Å². The van der Waals surface area contributed by atoms with Crippen molar-refractivity contribution in [3.8, 4) is 0 Å². The van der Waals surface area contributed by atoms with Gasteiger partial charge < -0.3 is 5.73 Å². The molecule has 0 bridgehead atoms. The van der Waals surface area contributed by atoms with Crippen molar-refractivity contribution in [2.45, 2.75) is 39.3 Å². The largest absolute Gasteiger partial charge is 0.324 e. The van der Waals surface area contributed by atoms with Crippen molar-refractivity contribution in [2.24, 2.45) is 5.73 Å². The third-order valence-electron chi connectivity index (χ3n) is 3.47. The monoisotopic (exact) mass is 433 g/mol. The van der Waals surface area contributed by atoms with Crippen molar-refractivity contribution in [1.29, 1.82) is 0 Å². The molecule has 0 radical (unpaired) electrons. The van der Waals surface area contributed by atoms with Gasteiger partial charge in [0.05, 0.1) is 15.9 Å². The van der Waals surface area contributed by atoms with Crippen LogP contribution in [0.15, 0.2) is 27.1 Å². The normalized spacial score (nSPS) is 12.7. The van der Waals surface area contributed by atoms with Gasteiger partial charge in [0.1, 0.15) is 0 Å². The Bertz CT molecular complexity index is 640. The highest BCUT2D eigenvalue weighted by Crippen LogP contribution is 2.30. The number of hydrogen-bond donors (Lipinski definition) is 1. The molecular formula is C15H18Br2ClN3. The van der Waals surface area contributed by atoms with Crippen LogP contribution in [-0.4, -0.2) is 9.78 Å². The van der Waals surface area contributed by atoms with Crippen LogP contribution in [0.2, 0.25) is 5.02 Å². The molecule has 1 aromatic carbocycles. The molecule has 114 valence electrons. The van der Waals surface area contributed by atoms with E-state index in [-0.39, 0.29) is 6.04 Å². The summed E-state index contributed by atoms with van der Waals surface area (Å²) in [5.41, 5.74) is 9.66. The minimum Gasteiger partial charge on any atom is -0.324 e. The van der Waals surface area contributed by atoms with E-state index in [1.165, 1.54) is 0 Å². The molecule has 2 N–H and O–H groups in total. The molecule has 21 heavy (non-hydrogen) atoms. The van der Waals surface area contributed by atoms with Gasteiger partial charge in [0.15, 0.2) is 0 Å². The lowest BCUT2D eigenvalue weighted by molar-refractivity contribution is 0.584. The minimum absolute atomic E-state index is 0.111. The summed E-state index contributed by atoms with van der Waals surface area (Å²) >= 11 is 13.2. The number of aryl methyl sites for hydroxylation is 2. The molecule has 2 aromatic rings. The van der Waals surface area contributed by atoms with Gasteiger partial charge in [0.25, 0.3) is 0 Å². The summed E-state index contributed by atoms with van der Waals surface area (Å²) in [5, 5.41) is 5.31. The van der Waals surface area contributed by atoms with Crippen molar-refractivity contribution >= 4 is 43.5 Å². The Morgan fingerprint density at radius 3 is 2.62 bits per heavy atom. The Morgan fingerprint density at radius 2 is 2.05 bits per heavy atom. The fourth-order valence-corrected chi connectivity index (χ4v) is 4.04. The minimum atomic E-state index is -0.111. The van der Waals surface area contributed by atoms with E-state index in [0.717, 1.165) is 45.3 Å². The van der Waals surface area contributed by atoms with Crippen molar-refractivity contribution in [2.75, 3.05) is 0 Å². The van der Waals surface area contributed by atoms with Crippen LogP contribution in [0.4, 0.5) is 0 Å². The smallest absolute Gasteiger partial charge is 0.0766 e. The summed E-state index contributed by atoms with van der Waals surface area (Å²) < 4.78 is 4.04. The number of rotatable bonds is 5. The Labute approximate surface area is 147 Å². The van der Waals surface area contributed by atoms with Crippen molar-refractivity contribution in [3.05, 3.63) is 49.1 Å². The van der Waals surface area contributed by atoms with Crippen LogP contribution in [0.1, 0.15) is 36.8 Å². The van der Waals surface area contributed by atoms with Crippen molar-refractivity contribution in [3.63, 3.8) is 0 Å². The predicted octanol–water partition coefficient (Wildman–Crippen LogP) is 4.89. The average Bonchev–Trinajstić information content (AvgIpc) is 2.75. The van der Waals surface area contributed by atoms with Crippen LogP contribution >= 0.6 is 43.5 Å². The van der Waals surface area contributed by atoms with E-state index in [1.807, 2.05) is 22.9 Å². The standard InChI is InChI=1S/C15H18Br2ClN3/c1-3-13-15(17)14(21(4-2)20-13)8-12(19)10-6-5-9(18)7-11(10)16/h5-7,12H,3-4,8,19H2,1-2H3. The Hall–Kier alpha value is -0.360. The van der Waals surface area contributed by atoms with Gasteiger partial charge in [0, 0.05) is 28.5 Å². The van der Waals surface area contributed by atoms with Crippen LogP contribution in [0.3, 0.4) is 0 Å². The molecule has 1 atom stereocenters.